The van der Waals surface area contributed by atoms with Crippen molar-refractivity contribution in [3.8, 4) is 33.8 Å². The molecule has 0 saturated carbocycles. The quantitative estimate of drug-likeness (QED) is 0.248. The molecule has 1 heterocycles. The third-order valence-corrected chi connectivity index (χ3v) is 5.20. The Labute approximate surface area is 169 Å². The van der Waals surface area contributed by atoms with Gasteiger partial charge in [-0.2, -0.15) is 0 Å². The van der Waals surface area contributed by atoms with Crippen LogP contribution in [0.4, 0.5) is 0 Å². The van der Waals surface area contributed by atoms with Gasteiger partial charge < -0.3 is 4.42 Å². The van der Waals surface area contributed by atoms with Gasteiger partial charge in [0.05, 0.1) is 0 Å². The Morgan fingerprint density at radius 2 is 1.31 bits per heavy atom. The molecule has 29 heavy (non-hydrogen) atoms. The number of benzene rings is 3. The second-order valence-electron chi connectivity index (χ2n) is 6.91. The van der Waals surface area contributed by atoms with Gasteiger partial charge in [-0.3, -0.25) is 4.79 Å². The topological polar surface area (TPSA) is 30.2 Å². The number of fused-ring (bicyclic) bond motifs is 3. The summed E-state index contributed by atoms with van der Waals surface area (Å²) in [5, 5.41) is 2.20. The van der Waals surface area contributed by atoms with Crippen LogP contribution in [0, 0.1) is 0 Å². The number of allylic oxidation sites excluding steroid dienone is 1. The summed E-state index contributed by atoms with van der Waals surface area (Å²) >= 11 is 0. The molecule has 1 aliphatic heterocycles. The minimum atomic E-state index is 0.796. The summed E-state index contributed by atoms with van der Waals surface area (Å²) in [6.45, 7) is 0. The summed E-state index contributed by atoms with van der Waals surface area (Å²) in [6.07, 6.45) is 4.16. The van der Waals surface area contributed by atoms with Gasteiger partial charge in [-0.25, -0.2) is 0 Å². The first-order chi connectivity index (χ1) is 14.4. The number of carbonyl (C=O) groups excluding carboxylic acids is 1. The van der Waals surface area contributed by atoms with Crippen LogP contribution in [0.5, 0.6) is 0 Å². The smallest absolute Gasteiger partial charge is 0.143 e. The first-order valence-electron chi connectivity index (χ1n) is 9.58. The van der Waals surface area contributed by atoms with Crippen molar-refractivity contribution in [2.24, 2.45) is 0 Å². The van der Waals surface area contributed by atoms with Crippen molar-refractivity contribution in [3.63, 3.8) is 0 Å². The predicted octanol–water partition coefficient (Wildman–Crippen LogP) is 7.08. The average Bonchev–Trinajstić information content (AvgIpc) is 3.12. The fourth-order valence-corrected chi connectivity index (χ4v) is 3.92. The summed E-state index contributed by atoms with van der Waals surface area (Å²) in [4.78, 5) is 11.0. The monoisotopic (exact) mass is 374 g/mol. The molecule has 0 unspecified atom stereocenters. The standard InChI is InChI=1S/C27H18O2/c28-17-9-16-23-21-14-7-8-15-22(21)26-24(19-10-3-1-4-11-19)18-25(29-27(23)26)20-12-5-2-6-13-20/h1-18H. The molecule has 3 aromatic carbocycles. The Balaban J connectivity index is 1.92. The lowest BCUT2D eigenvalue weighted by molar-refractivity contribution is -0.104. The highest BCUT2D eigenvalue weighted by Gasteiger charge is 2.24. The van der Waals surface area contributed by atoms with Gasteiger partial charge in [0.15, 0.2) is 0 Å². The molecule has 1 aliphatic carbocycles. The minimum Gasteiger partial charge on any atom is -0.455 e. The normalized spacial score (nSPS) is 11.4. The number of hydrogen-bond acceptors (Lipinski definition) is 2. The van der Waals surface area contributed by atoms with E-state index >= 15 is 0 Å². The molecule has 2 nitrogen and oxygen atoms in total. The van der Waals surface area contributed by atoms with Crippen molar-refractivity contribution in [1.29, 1.82) is 0 Å². The van der Waals surface area contributed by atoms with Gasteiger partial charge >= 0.3 is 0 Å². The highest BCUT2D eigenvalue weighted by Crippen LogP contribution is 2.47. The lowest BCUT2D eigenvalue weighted by Crippen LogP contribution is -1.88. The van der Waals surface area contributed by atoms with Crippen LogP contribution in [-0.2, 0) is 4.79 Å². The van der Waals surface area contributed by atoms with Crippen molar-refractivity contribution in [2.45, 2.75) is 0 Å². The summed E-state index contributed by atoms with van der Waals surface area (Å²) < 4.78 is 6.46. The molecule has 0 N–H and O–H groups in total. The van der Waals surface area contributed by atoms with E-state index < -0.39 is 0 Å². The third kappa shape index (κ3) is 2.95. The second kappa shape index (κ2) is 7.25. The van der Waals surface area contributed by atoms with Gasteiger partial charge in [-0.05, 0) is 40.1 Å². The molecule has 0 saturated heterocycles. The zero-order valence-electron chi connectivity index (χ0n) is 15.7. The second-order valence-corrected chi connectivity index (χ2v) is 6.91. The summed E-state index contributed by atoms with van der Waals surface area (Å²) in [5.74, 6) is 1.59. The molecule has 0 spiro atoms. The summed E-state index contributed by atoms with van der Waals surface area (Å²) in [7, 11) is 0. The molecule has 5 rings (SSSR count). The fourth-order valence-electron chi connectivity index (χ4n) is 3.92. The van der Waals surface area contributed by atoms with Crippen molar-refractivity contribution in [3.05, 3.63) is 103 Å². The van der Waals surface area contributed by atoms with E-state index in [1.54, 1.807) is 0 Å². The van der Waals surface area contributed by atoms with Crippen LogP contribution in [0.2, 0.25) is 0 Å². The Kier molecular flexibility index (Phi) is 4.30. The van der Waals surface area contributed by atoms with Crippen molar-refractivity contribution in [1.82, 2.24) is 0 Å². The predicted molar refractivity (Wildman–Crippen MR) is 119 cm³/mol. The number of rotatable bonds is 4. The Bertz CT molecular complexity index is 1290. The Hall–Kier alpha value is -3.91. The van der Waals surface area contributed by atoms with Crippen molar-refractivity contribution >= 4 is 23.1 Å². The number of hydrogen-bond donors (Lipinski definition) is 0. The van der Waals surface area contributed by atoms with E-state index in [1.165, 1.54) is 6.08 Å². The highest BCUT2D eigenvalue weighted by molar-refractivity contribution is 6.13. The lowest BCUT2D eigenvalue weighted by atomic mass is 9.96. The fraction of sp³-hybridized carbons (Fsp3) is 0. The molecule has 0 atom stereocenters. The molecule has 3 aromatic rings. The maximum Gasteiger partial charge on any atom is 0.143 e. The van der Waals surface area contributed by atoms with Crippen LogP contribution in [0.3, 0.4) is 0 Å². The summed E-state index contributed by atoms with van der Waals surface area (Å²) in [6, 6.07) is 30.8. The van der Waals surface area contributed by atoms with Crippen molar-refractivity contribution in [2.75, 3.05) is 0 Å². The lowest BCUT2D eigenvalue weighted by Gasteiger charge is -2.13. The first kappa shape index (κ1) is 17.2. The van der Waals surface area contributed by atoms with E-state index in [2.05, 4.69) is 30.3 Å². The molecule has 138 valence electrons. The number of aldehydes is 1. The maximum atomic E-state index is 11.0. The molecular formula is C27H18O2. The van der Waals surface area contributed by atoms with Gasteiger partial charge in [-0.15, -0.1) is 0 Å². The third-order valence-electron chi connectivity index (χ3n) is 5.20. The first-order valence-corrected chi connectivity index (χ1v) is 9.58. The molecule has 0 aromatic heterocycles. The van der Waals surface area contributed by atoms with E-state index in [0.29, 0.717) is 0 Å². The van der Waals surface area contributed by atoms with Crippen LogP contribution in [0.25, 0.3) is 50.6 Å². The van der Waals surface area contributed by atoms with Gasteiger partial charge in [0.25, 0.3) is 0 Å². The molecule has 2 aliphatic rings. The SMILES string of the molecule is O=CC=Cc1c2oc(-c3ccccc3)cc(-c3ccccc3)c-2c2ccccc12. The van der Waals surface area contributed by atoms with Crippen molar-refractivity contribution < 1.29 is 9.21 Å². The average molecular weight is 374 g/mol. The van der Waals surface area contributed by atoms with Crippen LogP contribution in [0.15, 0.2) is 101 Å². The summed E-state index contributed by atoms with van der Waals surface area (Å²) in [5.41, 5.74) is 5.26. The van der Waals surface area contributed by atoms with E-state index in [9.17, 15) is 4.79 Å². The molecule has 0 fully saturated rings. The molecule has 2 heteroatoms. The molecule has 0 bridgehead atoms. The largest absolute Gasteiger partial charge is 0.455 e. The van der Waals surface area contributed by atoms with Gasteiger partial charge in [0.1, 0.15) is 17.8 Å². The van der Waals surface area contributed by atoms with E-state index in [0.717, 1.165) is 56.4 Å². The molecular weight excluding hydrogens is 356 g/mol. The molecule has 0 radical (unpaired) electrons. The zero-order valence-corrected chi connectivity index (χ0v) is 15.7. The van der Waals surface area contributed by atoms with Crippen LogP contribution < -0.4 is 0 Å². The van der Waals surface area contributed by atoms with Gasteiger partial charge in [0.2, 0.25) is 0 Å². The maximum absolute atomic E-state index is 11.0. The van der Waals surface area contributed by atoms with E-state index in [4.69, 9.17) is 4.42 Å². The minimum absolute atomic E-state index is 0.796. The Morgan fingerprint density at radius 1 is 0.690 bits per heavy atom. The van der Waals surface area contributed by atoms with E-state index in [-0.39, 0.29) is 0 Å². The zero-order chi connectivity index (χ0) is 19.6. The van der Waals surface area contributed by atoms with E-state index in [1.807, 2.05) is 66.7 Å². The van der Waals surface area contributed by atoms with Gasteiger partial charge in [-0.1, -0.05) is 84.9 Å². The Morgan fingerprint density at radius 3 is 2.00 bits per heavy atom. The molecule has 0 amide bonds. The van der Waals surface area contributed by atoms with Crippen LogP contribution >= 0.6 is 0 Å². The highest BCUT2D eigenvalue weighted by atomic mass is 16.3. The number of carbonyl (C=O) groups is 1. The van der Waals surface area contributed by atoms with Gasteiger partial charge in [0, 0.05) is 16.7 Å². The van der Waals surface area contributed by atoms with Crippen LogP contribution in [-0.4, -0.2) is 6.29 Å². The van der Waals surface area contributed by atoms with Crippen LogP contribution in [0.1, 0.15) is 5.56 Å².